The molecule has 18 heteroatoms. The summed E-state index contributed by atoms with van der Waals surface area (Å²) >= 11 is 9.86. The Morgan fingerprint density at radius 1 is 0.612 bits per heavy atom. The molecular formula is C31H52BN5O10S2. The number of aliphatic imine (C=N–C) groups is 1. The van der Waals surface area contributed by atoms with Crippen LogP contribution in [-0.4, -0.2) is 149 Å². The highest BCUT2D eigenvalue weighted by molar-refractivity contribution is 7.80. The van der Waals surface area contributed by atoms with E-state index in [1.807, 2.05) is 24.3 Å². The number of hydrogen-bond donors (Lipinski definition) is 4. The van der Waals surface area contributed by atoms with E-state index in [9.17, 15) is 9.59 Å². The molecule has 0 aliphatic carbocycles. The first-order valence-corrected chi connectivity index (χ1v) is 17.2. The Morgan fingerprint density at radius 3 is 1.51 bits per heavy atom. The van der Waals surface area contributed by atoms with Gasteiger partial charge in [0.1, 0.15) is 0 Å². The van der Waals surface area contributed by atoms with Crippen molar-refractivity contribution in [2.24, 2.45) is 4.99 Å². The first-order valence-electron chi connectivity index (χ1n) is 16.4. The predicted octanol–water partition coefficient (Wildman–Crippen LogP) is 0.791. The minimum atomic E-state index is -0.0960. The third-order valence-electron chi connectivity index (χ3n) is 6.09. The third-order valence-corrected chi connectivity index (χ3v) is 6.43. The summed E-state index contributed by atoms with van der Waals surface area (Å²) in [6.07, 6.45) is 1.28. The first-order chi connectivity index (χ1) is 24.0. The van der Waals surface area contributed by atoms with Crippen LogP contribution in [0, 0.1) is 0 Å². The molecule has 0 aliphatic heterocycles. The van der Waals surface area contributed by atoms with Crippen molar-refractivity contribution in [1.29, 1.82) is 0 Å². The van der Waals surface area contributed by atoms with Crippen LogP contribution in [0.2, 0.25) is 0 Å². The van der Waals surface area contributed by atoms with E-state index >= 15 is 0 Å². The average Bonchev–Trinajstić information content (AvgIpc) is 3.10. The van der Waals surface area contributed by atoms with Crippen molar-refractivity contribution in [3.8, 4) is 0 Å². The summed E-state index contributed by atoms with van der Waals surface area (Å²) in [6.45, 7) is 8.40. The molecule has 0 saturated heterocycles. The van der Waals surface area contributed by atoms with Gasteiger partial charge in [-0.3, -0.25) is 9.59 Å². The molecule has 1 aromatic rings. The largest absolute Gasteiger partial charge is 0.406 e. The number of carbonyl (C=O) groups is 2. The van der Waals surface area contributed by atoms with Gasteiger partial charge in [0.2, 0.25) is 19.8 Å². The van der Waals surface area contributed by atoms with Crippen LogP contribution < -0.4 is 21.2 Å². The van der Waals surface area contributed by atoms with Crippen LogP contribution in [0.15, 0.2) is 29.3 Å². The number of benzene rings is 1. The SMILES string of the molecule is BNC(=O)CCCNC(=O)CCOCCOCCOCCOCCOCCOCCOCCOCCNC(=S)Nc1ccc(N=C=S)cc1. The Labute approximate surface area is 301 Å². The van der Waals surface area contributed by atoms with E-state index in [1.54, 1.807) is 7.98 Å². The van der Waals surface area contributed by atoms with Crippen LogP contribution >= 0.6 is 24.4 Å². The number of hydrogen-bond acceptors (Lipinski definition) is 13. The molecule has 1 rings (SSSR count). The second-order valence-corrected chi connectivity index (χ2v) is 10.5. The molecule has 0 aliphatic rings. The van der Waals surface area contributed by atoms with Gasteiger partial charge in [-0.2, -0.15) is 4.99 Å². The highest BCUT2D eigenvalue weighted by Crippen LogP contribution is 2.15. The quantitative estimate of drug-likeness (QED) is 0.0347. The Hall–Kier alpha value is -2.61. The van der Waals surface area contributed by atoms with Crippen LogP contribution in [0.5, 0.6) is 0 Å². The fourth-order valence-corrected chi connectivity index (χ4v) is 3.91. The summed E-state index contributed by atoms with van der Waals surface area (Å²) in [4.78, 5) is 26.7. The molecule has 0 fully saturated rings. The van der Waals surface area contributed by atoms with Gasteiger partial charge in [-0.05, 0) is 55.1 Å². The summed E-state index contributed by atoms with van der Waals surface area (Å²) in [5.74, 6) is -0.132. The number of thiocarbonyl (C=S) groups is 2. The smallest absolute Gasteiger partial charge is 0.222 e. The van der Waals surface area contributed by atoms with Crippen molar-refractivity contribution in [3.63, 3.8) is 0 Å². The van der Waals surface area contributed by atoms with E-state index in [1.165, 1.54) is 0 Å². The van der Waals surface area contributed by atoms with Gasteiger partial charge in [0.15, 0.2) is 5.11 Å². The lowest BCUT2D eigenvalue weighted by Gasteiger charge is -2.11. The second kappa shape index (κ2) is 33.9. The number of carbonyl (C=O) groups excluding carboxylic acids is 2. The van der Waals surface area contributed by atoms with Gasteiger partial charge in [-0.15, -0.1) is 0 Å². The summed E-state index contributed by atoms with van der Waals surface area (Å²) < 4.78 is 43.7. The number of anilines is 1. The van der Waals surface area contributed by atoms with E-state index in [0.717, 1.165) is 11.4 Å². The zero-order valence-electron chi connectivity index (χ0n) is 28.5. The molecule has 0 aromatic heterocycles. The third kappa shape index (κ3) is 30.0. The van der Waals surface area contributed by atoms with Gasteiger partial charge in [-0.1, -0.05) is 0 Å². The molecule has 1 aromatic carbocycles. The van der Waals surface area contributed by atoms with E-state index in [-0.39, 0.29) is 18.2 Å². The van der Waals surface area contributed by atoms with Gasteiger partial charge >= 0.3 is 0 Å². The normalized spacial score (nSPS) is 10.7. The fraction of sp³-hybridized carbons (Fsp3) is 0.677. The van der Waals surface area contributed by atoms with Crippen molar-refractivity contribution >= 4 is 65.9 Å². The Kier molecular flexibility index (Phi) is 30.7. The molecular weight excluding hydrogens is 677 g/mol. The molecule has 0 bridgehead atoms. The standard InChI is InChI=1S/C31H52BN5O10S2/c32-37-30(39)2-1-8-33-29(38)7-10-40-12-14-42-16-18-44-20-22-46-24-25-47-23-21-45-19-17-43-15-13-41-11-9-34-31(49)36-28-5-3-27(4-6-28)35-26-48/h3-6H,1-2,7-25,32H2,(H,33,38)(H,37,39)(H2,34,36,49). The molecule has 4 N–H and O–H groups in total. The Bertz CT molecular complexity index is 1040. The maximum Gasteiger partial charge on any atom is 0.222 e. The van der Waals surface area contributed by atoms with Crippen molar-refractivity contribution in [1.82, 2.24) is 15.9 Å². The number of rotatable bonds is 33. The lowest BCUT2D eigenvalue weighted by Crippen LogP contribution is -2.31. The number of ether oxygens (including phenoxy) is 8. The molecule has 276 valence electrons. The number of isothiocyanates is 1. The monoisotopic (exact) mass is 729 g/mol. The van der Waals surface area contributed by atoms with Crippen LogP contribution in [0.1, 0.15) is 19.3 Å². The summed E-state index contributed by atoms with van der Waals surface area (Å²) in [5.41, 5.74) is 1.58. The molecule has 0 spiro atoms. The van der Waals surface area contributed by atoms with Gasteiger partial charge < -0.3 is 59.1 Å². The van der Waals surface area contributed by atoms with Crippen LogP contribution in [0.25, 0.3) is 0 Å². The Morgan fingerprint density at radius 2 is 1.06 bits per heavy atom. The van der Waals surface area contributed by atoms with Gasteiger partial charge in [-0.25, -0.2) is 0 Å². The minimum absolute atomic E-state index is 0.0363. The van der Waals surface area contributed by atoms with E-state index in [2.05, 4.69) is 43.5 Å². The van der Waals surface area contributed by atoms with Crippen LogP contribution in [0.4, 0.5) is 11.4 Å². The zero-order valence-corrected chi connectivity index (χ0v) is 30.1. The zero-order chi connectivity index (χ0) is 35.5. The molecule has 0 radical (unpaired) electrons. The maximum absolute atomic E-state index is 11.7. The molecule has 0 unspecified atom stereocenters. The van der Waals surface area contributed by atoms with Crippen molar-refractivity contribution in [2.45, 2.75) is 19.3 Å². The lowest BCUT2D eigenvalue weighted by atomic mass is 10.2. The molecule has 2 amide bonds. The van der Waals surface area contributed by atoms with Gasteiger partial charge in [0.05, 0.1) is 117 Å². The molecule has 49 heavy (non-hydrogen) atoms. The second-order valence-electron chi connectivity index (χ2n) is 9.91. The van der Waals surface area contributed by atoms with Crippen LogP contribution in [0.3, 0.4) is 0 Å². The average molecular weight is 730 g/mol. The predicted molar refractivity (Wildman–Crippen MR) is 195 cm³/mol. The van der Waals surface area contributed by atoms with Gasteiger partial charge in [0.25, 0.3) is 0 Å². The van der Waals surface area contributed by atoms with Crippen molar-refractivity contribution in [3.05, 3.63) is 24.3 Å². The lowest BCUT2D eigenvalue weighted by molar-refractivity contribution is -0.123. The van der Waals surface area contributed by atoms with Crippen molar-refractivity contribution in [2.75, 3.05) is 124 Å². The van der Waals surface area contributed by atoms with Crippen LogP contribution in [-0.2, 0) is 47.5 Å². The number of nitrogens with one attached hydrogen (secondary N) is 4. The van der Waals surface area contributed by atoms with Gasteiger partial charge in [0, 0.05) is 31.6 Å². The summed E-state index contributed by atoms with van der Waals surface area (Å²) in [6, 6.07) is 7.36. The first kappa shape index (κ1) is 44.4. The molecule has 0 saturated carbocycles. The minimum Gasteiger partial charge on any atom is -0.406 e. The summed E-state index contributed by atoms with van der Waals surface area (Å²) in [7, 11) is 1.59. The number of nitrogens with zero attached hydrogens (tertiary/aromatic N) is 1. The van der Waals surface area contributed by atoms with E-state index in [0.29, 0.717) is 137 Å². The highest BCUT2D eigenvalue weighted by Gasteiger charge is 2.03. The summed E-state index contributed by atoms with van der Waals surface area (Å²) in [5, 5.41) is 14.3. The van der Waals surface area contributed by atoms with Crippen molar-refractivity contribution < 1.29 is 47.5 Å². The molecule has 15 nitrogen and oxygen atoms in total. The number of amides is 2. The highest BCUT2D eigenvalue weighted by atomic mass is 32.1. The maximum atomic E-state index is 11.7. The molecule has 0 heterocycles. The fourth-order valence-electron chi connectivity index (χ4n) is 3.58. The Balaban J connectivity index is 1.71. The molecule has 0 atom stereocenters. The van der Waals surface area contributed by atoms with E-state index in [4.69, 9.17) is 50.1 Å². The van der Waals surface area contributed by atoms with E-state index < -0.39 is 0 Å². The topological polar surface area (TPSA) is 168 Å².